The van der Waals surface area contributed by atoms with Crippen LogP contribution in [0.1, 0.15) is 40.4 Å². The van der Waals surface area contributed by atoms with Crippen molar-refractivity contribution < 1.29 is 16.0 Å². The fourth-order valence-corrected chi connectivity index (χ4v) is 1.92. The first-order valence-corrected chi connectivity index (χ1v) is 5.61. The molecule has 88 valence electrons. The number of hydrogen-bond acceptors (Lipinski definition) is 4. The fraction of sp³-hybridized carbons (Fsp3) is 0.909. The number of aliphatic hydroxyl groups is 1. The van der Waals surface area contributed by atoms with Gasteiger partial charge in [0, 0.05) is 1.37 Å². The van der Waals surface area contributed by atoms with Crippen LogP contribution in [-0.4, -0.2) is 29.8 Å². The van der Waals surface area contributed by atoms with E-state index >= 15 is 0 Å². The van der Waals surface area contributed by atoms with Gasteiger partial charge in [0.15, 0.2) is 0 Å². The van der Waals surface area contributed by atoms with Crippen molar-refractivity contribution in [3.05, 3.63) is 0 Å². The van der Waals surface area contributed by atoms with E-state index in [2.05, 4.69) is 0 Å². The minimum atomic E-state index is -1.13. The third kappa shape index (κ3) is 3.47. The highest BCUT2D eigenvalue weighted by Crippen LogP contribution is 2.27. The Morgan fingerprint density at radius 1 is 1.60 bits per heavy atom. The molecule has 15 heavy (non-hydrogen) atoms. The summed E-state index contributed by atoms with van der Waals surface area (Å²) in [7, 11) is 0. The van der Waals surface area contributed by atoms with Crippen molar-refractivity contribution in [3.63, 3.8) is 0 Å². The lowest BCUT2D eigenvalue weighted by Gasteiger charge is -2.29. The number of aliphatic hydroxyl groups excluding tert-OH is 1. The molecular formula is C11H21NO3. The second-order valence-corrected chi connectivity index (χ2v) is 3.94. The average Bonchev–Trinajstić information content (AvgIpc) is 2.28. The van der Waals surface area contributed by atoms with Crippen molar-refractivity contribution in [1.29, 1.82) is 0 Å². The van der Waals surface area contributed by atoms with Gasteiger partial charge >= 0.3 is 5.97 Å². The van der Waals surface area contributed by atoms with E-state index < -0.39 is 24.0 Å². The summed E-state index contributed by atoms with van der Waals surface area (Å²) < 4.78 is 12.9. The Balaban J connectivity index is 2.60. The lowest BCUT2D eigenvalue weighted by atomic mass is 9.83. The number of rotatable bonds is 4. The number of carbonyl (C=O) groups excluding carboxylic acids is 1. The van der Waals surface area contributed by atoms with Gasteiger partial charge in [0.05, 0.1) is 12.7 Å². The Labute approximate surface area is 92.2 Å². The van der Waals surface area contributed by atoms with Crippen LogP contribution in [0.2, 0.25) is 0 Å². The minimum Gasteiger partial charge on any atom is -0.465 e. The van der Waals surface area contributed by atoms with Crippen LogP contribution in [-0.2, 0) is 9.53 Å². The summed E-state index contributed by atoms with van der Waals surface area (Å²) in [5, 5.41) is 9.99. The molecule has 0 aromatic carbocycles. The van der Waals surface area contributed by atoms with Gasteiger partial charge in [0.2, 0.25) is 0 Å². The second-order valence-electron chi connectivity index (χ2n) is 3.94. The number of esters is 1. The smallest absolute Gasteiger partial charge is 0.325 e. The number of ether oxygens (including phenoxy) is 1. The van der Waals surface area contributed by atoms with E-state index in [9.17, 15) is 9.90 Å². The Morgan fingerprint density at radius 2 is 2.20 bits per heavy atom. The predicted octanol–water partition coefficient (Wildman–Crippen LogP) is 0.818. The topological polar surface area (TPSA) is 72.5 Å². The Morgan fingerprint density at radius 3 is 2.73 bits per heavy atom. The maximum absolute atomic E-state index is 11.4. The summed E-state index contributed by atoms with van der Waals surface area (Å²) in [6.07, 6.45) is 2.98. The second kappa shape index (κ2) is 6.08. The van der Waals surface area contributed by atoms with Crippen molar-refractivity contribution in [3.8, 4) is 0 Å². The molecule has 2 atom stereocenters. The van der Waals surface area contributed by atoms with E-state index in [4.69, 9.17) is 11.8 Å². The number of carbonyl (C=O) groups is 1. The fourth-order valence-electron chi connectivity index (χ4n) is 1.92. The van der Waals surface area contributed by atoms with Crippen LogP contribution in [0.15, 0.2) is 0 Å². The van der Waals surface area contributed by atoms with Gasteiger partial charge in [-0.3, -0.25) is 4.79 Å². The molecule has 0 bridgehead atoms. The molecule has 4 nitrogen and oxygen atoms in total. The summed E-state index contributed by atoms with van der Waals surface area (Å²) in [5.41, 5.74) is 5.62. The maximum atomic E-state index is 11.4. The molecular weight excluding hydrogens is 194 g/mol. The highest BCUT2D eigenvalue weighted by molar-refractivity contribution is 5.76. The highest BCUT2D eigenvalue weighted by atomic mass is 16.5. The molecule has 3 N–H and O–H groups in total. The van der Waals surface area contributed by atoms with Crippen molar-refractivity contribution in [2.45, 2.75) is 51.2 Å². The van der Waals surface area contributed by atoms with Gasteiger partial charge in [-0.05, 0) is 25.7 Å². The molecule has 1 saturated carbocycles. The number of nitrogens with two attached hydrogens (primary N) is 1. The van der Waals surface area contributed by atoms with Crippen LogP contribution in [0.5, 0.6) is 0 Å². The standard InChI is InChI=1S/C11H21NO3/c1-2-15-11(14)9(12)10(13)8-6-4-3-5-7-8/h8-10,13H,2-7,12H2,1H3/t9-,10-/m1/s1/i8D. The van der Waals surface area contributed by atoms with E-state index in [1.807, 2.05) is 0 Å². The third-order valence-electron chi connectivity index (χ3n) is 2.81. The molecule has 0 heterocycles. The van der Waals surface area contributed by atoms with Crippen molar-refractivity contribution in [1.82, 2.24) is 0 Å². The molecule has 0 aromatic heterocycles. The quantitative estimate of drug-likeness (QED) is 0.682. The first kappa shape index (κ1) is 10.9. The lowest BCUT2D eigenvalue weighted by Crippen LogP contribution is -2.47. The molecule has 4 heteroatoms. The van der Waals surface area contributed by atoms with Gasteiger partial charge in [-0.25, -0.2) is 0 Å². The zero-order valence-electron chi connectivity index (χ0n) is 10.2. The normalized spacial score (nSPS) is 25.1. The molecule has 1 aliphatic rings. The Bertz CT molecular complexity index is 241. The molecule has 0 aromatic rings. The van der Waals surface area contributed by atoms with E-state index in [0.717, 1.165) is 19.3 Å². The molecule has 1 rings (SSSR count). The first-order valence-electron chi connectivity index (χ1n) is 6.11. The minimum absolute atomic E-state index is 0.240. The van der Waals surface area contributed by atoms with Crippen molar-refractivity contribution in [2.24, 2.45) is 11.6 Å². The molecule has 0 radical (unpaired) electrons. The van der Waals surface area contributed by atoms with Gasteiger partial charge in [-0.15, -0.1) is 0 Å². The zero-order chi connectivity index (χ0) is 12.2. The average molecular weight is 216 g/mol. The Hall–Kier alpha value is -0.610. The summed E-state index contributed by atoms with van der Waals surface area (Å²) in [5.74, 6) is -1.60. The molecule has 0 saturated heterocycles. The molecule has 0 spiro atoms. The molecule has 0 amide bonds. The van der Waals surface area contributed by atoms with Gasteiger partial charge in [0.1, 0.15) is 6.04 Å². The van der Waals surface area contributed by atoms with Crippen LogP contribution in [0.4, 0.5) is 0 Å². The van der Waals surface area contributed by atoms with E-state index in [-0.39, 0.29) is 6.61 Å². The predicted molar refractivity (Wildman–Crippen MR) is 57.2 cm³/mol. The summed E-state index contributed by atoms with van der Waals surface area (Å²) in [4.78, 5) is 11.4. The van der Waals surface area contributed by atoms with Crippen LogP contribution in [0.25, 0.3) is 0 Å². The van der Waals surface area contributed by atoms with Gasteiger partial charge in [-0.1, -0.05) is 19.3 Å². The van der Waals surface area contributed by atoms with Crippen LogP contribution >= 0.6 is 0 Å². The monoisotopic (exact) mass is 216 g/mol. The third-order valence-corrected chi connectivity index (χ3v) is 2.81. The largest absolute Gasteiger partial charge is 0.465 e. The van der Waals surface area contributed by atoms with Crippen LogP contribution < -0.4 is 5.73 Å². The zero-order valence-corrected chi connectivity index (χ0v) is 9.24. The number of hydrogen-bond donors (Lipinski definition) is 2. The SMILES string of the molecule is [2H]C1([C@@H](O)[C@@H](N)C(=O)OCC)CCCCC1. The van der Waals surface area contributed by atoms with Crippen molar-refractivity contribution in [2.75, 3.05) is 6.61 Å². The van der Waals surface area contributed by atoms with E-state index in [0.29, 0.717) is 12.8 Å². The lowest BCUT2D eigenvalue weighted by molar-refractivity contribution is -0.148. The van der Waals surface area contributed by atoms with Gasteiger partial charge in [-0.2, -0.15) is 0 Å². The summed E-state index contributed by atoms with van der Waals surface area (Å²) >= 11 is 0. The Kier molecular flexibility index (Phi) is 4.41. The first-order chi connectivity index (χ1) is 7.51. The molecule has 1 fully saturated rings. The highest BCUT2D eigenvalue weighted by Gasteiger charge is 2.31. The molecule has 1 aliphatic carbocycles. The molecule has 0 unspecified atom stereocenters. The van der Waals surface area contributed by atoms with Crippen molar-refractivity contribution >= 4 is 5.97 Å². The van der Waals surface area contributed by atoms with E-state index in [1.165, 1.54) is 0 Å². The van der Waals surface area contributed by atoms with Gasteiger partial charge < -0.3 is 15.6 Å². The molecule has 0 aliphatic heterocycles. The summed E-state index contributed by atoms with van der Waals surface area (Å²) in [6.45, 7) is 1.93. The van der Waals surface area contributed by atoms with Gasteiger partial charge in [0.25, 0.3) is 0 Å². The maximum Gasteiger partial charge on any atom is 0.325 e. The van der Waals surface area contributed by atoms with E-state index in [1.54, 1.807) is 6.92 Å². The summed E-state index contributed by atoms with van der Waals surface area (Å²) in [6, 6.07) is -1.10. The van der Waals surface area contributed by atoms with Crippen LogP contribution in [0, 0.1) is 5.89 Å². The van der Waals surface area contributed by atoms with Crippen LogP contribution in [0.3, 0.4) is 0 Å².